The normalized spacial score (nSPS) is 13.9. The summed E-state index contributed by atoms with van der Waals surface area (Å²) in [7, 11) is 0. The predicted octanol–water partition coefficient (Wildman–Crippen LogP) is 3.02. The van der Waals surface area contributed by atoms with E-state index in [0.29, 0.717) is 16.3 Å². The Morgan fingerprint density at radius 2 is 1.79 bits per heavy atom. The maximum absolute atomic E-state index is 13.2. The van der Waals surface area contributed by atoms with E-state index in [1.165, 1.54) is 0 Å². The van der Waals surface area contributed by atoms with Crippen LogP contribution in [0.2, 0.25) is 0 Å². The van der Waals surface area contributed by atoms with E-state index < -0.39 is 0 Å². The first-order valence-corrected chi connectivity index (χ1v) is 8.26. The van der Waals surface area contributed by atoms with Crippen molar-refractivity contribution in [3.8, 4) is 0 Å². The van der Waals surface area contributed by atoms with Crippen LogP contribution in [0.15, 0.2) is 52.1 Å². The smallest absolute Gasteiger partial charge is 0.266 e. The molecule has 0 spiro atoms. The van der Waals surface area contributed by atoms with Gasteiger partial charge in [-0.25, -0.2) is 0 Å². The van der Waals surface area contributed by atoms with E-state index in [-0.39, 0.29) is 11.0 Å². The molecule has 0 amide bonds. The summed E-state index contributed by atoms with van der Waals surface area (Å²) in [4.78, 5) is 26.2. The number of aryl methyl sites for hydroxylation is 3. The van der Waals surface area contributed by atoms with Gasteiger partial charge in [-0.15, -0.1) is 0 Å². The van der Waals surface area contributed by atoms with Gasteiger partial charge in [-0.3, -0.25) is 14.0 Å². The van der Waals surface area contributed by atoms with Crippen LogP contribution in [0.1, 0.15) is 17.5 Å². The van der Waals surface area contributed by atoms with Gasteiger partial charge in [0, 0.05) is 17.5 Å². The zero-order chi connectivity index (χ0) is 16.4. The fourth-order valence-electron chi connectivity index (χ4n) is 4.01. The largest absolute Gasteiger partial charge is 0.326 e. The van der Waals surface area contributed by atoms with Gasteiger partial charge in [-0.2, -0.15) is 0 Å². The molecule has 2 aromatic heterocycles. The average molecular weight is 316 g/mol. The van der Waals surface area contributed by atoms with Crippen LogP contribution in [0, 0.1) is 6.92 Å². The molecule has 0 bridgehead atoms. The third-order valence-electron chi connectivity index (χ3n) is 5.09. The summed E-state index contributed by atoms with van der Waals surface area (Å²) in [5.74, 6) is 0. The van der Waals surface area contributed by atoms with E-state index in [0.717, 1.165) is 41.7 Å². The number of fused-ring (bicyclic) bond motifs is 4. The third kappa shape index (κ3) is 1.58. The summed E-state index contributed by atoms with van der Waals surface area (Å²) in [5, 5.41) is 1.33. The number of para-hydroxylation sites is 1. The second kappa shape index (κ2) is 4.57. The highest BCUT2D eigenvalue weighted by Gasteiger charge is 2.22. The lowest BCUT2D eigenvalue weighted by molar-refractivity contribution is 0.630. The Bertz CT molecular complexity index is 1280. The van der Waals surface area contributed by atoms with Crippen LogP contribution >= 0.6 is 0 Å². The Hall–Kier alpha value is -2.88. The summed E-state index contributed by atoms with van der Waals surface area (Å²) in [5.41, 5.74) is 4.22. The van der Waals surface area contributed by atoms with Crippen LogP contribution in [-0.2, 0) is 13.0 Å². The van der Waals surface area contributed by atoms with Gasteiger partial charge in [0.05, 0.1) is 16.4 Å². The topological polar surface area (TPSA) is 43.5 Å². The van der Waals surface area contributed by atoms with Crippen molar-refractivity contribution in [1.29, 1.82) is 0 Å². The van der Waals surface area contributed by atoms with Crippen LogP contribution in [0.5, 0.6) is 0 Å². The minimum Gasteiger partial charge on any atom is -0.326 e. The molecule has 2 aromatic carbocycles. The number of benzene rings is 2. The Labute approximate surface area is 137 Å². The highest BCUT2D eigenvalue weighted by molar-refractivity contribution is 5.88. The molecule has 0 aliphatic carbocycles. The third-order valence-corrected chi connectivity index (χ3v) is 5.09. The molecule has 5 rings (SSSR count). The molecule has 0 radical (unpaired) electrons. The van der Waals surface area contributed by atoms with Crippen molar-refractivity contribution in [1.82, 2.24) is 8.97 Å². The number of hydrogen-bond donors (Lipinski definition) is 0. The van der Waals surface area contributed by atoms with Crippen LogP contribution < -0.4 is 11.0 Å². The molecule has 1 aliphatic rings. The first-order valence-electron chi connectivity index (χ1n) is 8.26. The zero-order valence-corrected chi connectivity index (χ0v) is 13.4. The highest BCUT2D eigenvalue weighted by atomic mass is 16.1. The predicted molar refractivity (Wildman–Crippen MR) is 96.0 cm³/mol. The quantitative estimate of drug-likeness (QED) is 0.370. The summed E-state index contributed by atoms with van der Waals surface area (Å²) < 4.78 is 3.89. The van der Waals surface area contributed by atoms with E-state index in [9.17, 15) is 9.59 Å². The molecule has 0 unspecified atom stereocenters. The standard InChI is InChI=1S/C20H16N2O2/c1-12-8-9-13-17(11-12)22-19-15(18(13)23)6-4-10-21(19)16-7-3-2-5-14(16)20(22)24/h2-3,5,7-9,11H,4,6,10H2,1H3. The summed E-state index contributed by atoms with van der Waals surface area (Å²) >= 11 is 0. The summed E-state index contributed by atoms with van der Waals surface area (Å²) in [6, 6.07) is 13.4. The van der Waals surface area contributed by atoms with Gasteiger partial charge >= 0.3 is 0 Å². The highest BCUT2D eigenvalue weighted by Crippen LogP contribution is 2.25. The molecular formula is C20H16N2O2. The van der Waals surface area contributed by atoms with Crippen LogP contribution in [0.3, 0.4) is 0 Å². The second-order valence-electron chi connectivity index (χ2n) is 6.56. The monoisotopic (exact) mass is 316 g/mol. The fourth-order valence-corrected chi connectivity index (χ4v) is 4.01. The van der Waals surface area contributed by atoms with Crippen molar-refractivity contribution in [3.63, 3.8) is 0 Å². The maximum atomic E-state index is 13.2. The van der Waals surface area contributed by atoms with E-state index in [1.807, 2.05) is 49.4 Å². The molecule has 0 atom stereocenters. The Kier molecular flexibility index (Phi) is 2.58. The molecule has 1 aliphatic heterocycles. The van der Waals surface area contributed by atoms with Crippen LogP contribution in [0.4, 0.5) is 0 Å². The molecule has 0 N–H and O–H groups in total. The molecule has 4 aromatic rings. The van der Waals surface area contributed by atoms with Gasteiger partial charge in [-0.1, -0.05) is 18.2 Å². The Morgan fingerprint density at radius 1 is 0.958 bits per heavy atom. The Morgan fingerprint density at radius 3 is 2.67 bits per heavy atom. The summed E-state index contributed by atoms with van der Waals surface area (Å²) in [6.45, 7) is 2.81. The molecule has 4 nitrogen and oxygen atoms in total. The zero-order valence-electron chi connectivity index (χ0n) is 13.4. The van der Waals surface area contributed by atoms with Gasteiger partial charge in [0.1, 0.15) is 5.65 Å². The van der Waals surface area contributed by atoms with Gasteiger partial charge in [-0.05, 0) is 49.6 Å². The van der Waals surface area contributed by atoms with E-state index in [2.05, 4.69) is 4.57 Å². The van der Waals surface area contributed by atoms with Gasteiger partial charge < -0.3 is 4.57 Å². The lowest BCUT2D eigenvalue weighted by Gasteiger charge is -2.23. The first kappa shape index (κ1) is 13.5. The SMILES string of the molecule is Cc1ccc2c(=O)c3c4n(c5ccccc5c(=O)n4c2c1)CCC3. The minimum absolute atomic E-state index is 0.0457. The molecule has 0 saturated heterocycles. The minimum atomic E-state index is -0.0457. The molecular weight excluding hydrogens is 300 g/mol. The lowest BCUT2D eigenvalue weighted by atomic mass is 10.0. The van der Waals surface area contributed by atoms with E-state index >= 15 is 0 Å². The number of nitrogens with zero attached hydrogens (tertiary/aromatic N) is 2. The Balaban J connectivity index is 2.24. The van der Waals surface area contributed by atoms with E-state index in [1.54, 1.807) is 4.40 Å². The average Bonchev–Trinajstić information content (AvgIpc) is 2.61. The molecule has 0 saturated carbocycles. The number of hydrogen-bond acceptors (Lipinski definition) is 2. The van der Waals surface area contributed by atoms with Gasteiger partial charge in [0.25, 0.3) is 5.56 Å². The fraction of sp³-hybridized carbons (Fsp3) is 0.200. The van der Waals surface area contributed by atoms with Crippen molar-refractivity contribution in [2.75, 3.05) is 0 Å². The van der Waals surface area contributed by atoms with Gasteiger partial charge in [0.2, 0.25) is 0 Å². The van der Waals surface area contributed by atoms with Crippen molar-refractivity contribution in [2.45, 2.75) is 26.3 Å². The molecule has 24 heavy (non-hydrogen) atoms. The number of rotatable bonds is 0. The first-order chi connectivity index (χ1) is 11.7. The van der Waals surface area contributed by atoms with Crippen molar-refractivity contribution in [3.05, 3.63) is 74.2 Å². The van der Waals surface area contributed by atoms with Crippen molar-refractivity contribution < 1.29 is 0 Å². The van der Waals surface area contributed by atoms with E-state index in [4.69, 9.17) is 0 Å². The van der Waals surface area contributed by atoms with Crippen LogP contribution in [0.25, 0.3) is 27.5 Å². The number of pyridine rings is 1. The molecule has 4 heteroatoms. The lowest BCUT2D eigenvalue weighted by Crippen LogP contribution is -2.29. The van der Waals surface area contributed by atoms with Crippen LogP contribution in [-0.4, -0.2) is 8.97 Å². The number of aromatic nitrogens is 2. The second-order valence-corrected chi connectivity index (χ2v) is 6.56. The molecule has 3 heterocycles. The van der Waals surface area contributed by atoms with Crippen molar-refractivity contribution in [2.24, 2.45) is 0 Å². The maximum Gasteiger partial charge on any atom is 0.266 e. The molecule has 118 valence electrons. The van der Waals surface area contributed by atoms with Gasteiger partial charge in [0.15, 0.2) is 5.43 Å². The summed E-state index contributed by atoms with van der Waals surface area (Å²) in [6.07, 6.45) is 1.64. The molecule has 0 fully saturated rings. The van der Waals surface area contributed by atoms with Crippen molar-refractivity contribution >= 4 is 27.5 Å².